The van der Waals surface area contributed by atoms with E-state index in [0.29, 0.717) is 37.8 Å². The van der Waals surface area contributed by atoms with Crippen molar-refractivity contribution in [1.29, 1.82) is 0 Å². The summed E-state index contributed by atoms with van der Waals surface area (Å²) < 4.78 is 1.45. The van der Waals surface area contributed by atoms with Crippen LogP contribution >= 0.6 is 0 Å². The molecule has 5 N–H and O–H groups in total. The number of nitrogens with one attached hydrogen (secondary N) is 1. The number of anilines is 1. The maximum absolute atomic E-state index is 12.7. The normalized spacial score (nSPS) is 18.9. The van der Waals surface area contributed by atoms with E-state index in [1.54, 1.807) is 35.9 Å². The Labute approximate surface area is 223 Å². The Morgan fingerprint density at radius 3 is 2.37 bits per heavy atom. The first-order valence-corrected chi connectivity index (χ1v) is 13.4. The number of nitrogens with two attached hydrogens (primary N) is 2. The van der Waals surface area contributed by atoms with Crippen molar-refractivity contribution < 1.29 is 9.59 Å². The van der Waals surface area contributed by atoms with Crippen LogP contribution in [-0.4, -0.2) is 94.1 Å². The van der Waals surface area contributed by atoms with Crippen molar-refractivity contribution in [2.75, 3.05) is 57.7 Å². The summed E-state index contributed by atoms with van der Waals surface area (Å²) >= 11 is 0. The second-order valence-corrected chi connectivity index (χ2v) is 10.9. The number of carbonyl (C=O) groups excluding carboxylic acids is 2. The smallest absolute Gasteiger partial charge is 0.338 e. The Bertz CT molecular complexity index is 1170. The zero-order valence-electron chi connectivity index (χ0n) is 22.4. The molecule has 11 nitrogen and oxygen atoms in total. The number of hydrogen-bond acceptors (Lipinski definition) is 7. The highest BCUT2D eigenvalue weighted by atomic mass is 16.2. The number of aromatic nitrogens is 2. The second-order valence-electron chi connectivity index (χ2n) is 10.9. The van der Waals surface area contributed by atoms with Gasteiger partial charge in [-0.25, -0.2) is 9.59 Å². The number of likely N-dealkylation sites (tertiary alicyclic amines) is 1. The highest BCUT2D eigenvalue weighted by Gasteiger charge is 2.31. The van der Waals surface area contributed by atoms with Crippen LogP contribution in [0.2, 0.25) is 0 Å². The molecule has 3 heterocycles. The molecule has 0 radical (unpaired) electrons. The Morgan fingerprint density at radius 2 is 1.74 bits per heavy atom. The lowest BCUT2D eigenvalue weighted by molar-refractivity contribution is -0.137. The van der Waals surface area contributed by atoms with Gasteiger partial charge < -0.3 is 26.2 Å². The monoisotopic (exact) mass is 524 g/mol. The van der Waals surface area contributed by atoms with E-state index in [1.807, 2.05) is 24.3 Å². The van der Waals surface area contributed by atoms with Crippen molar-refractivity contribution in [3.8, 4) is 5.69 Å². The minimum atomic E-state index is -0.944. The largest absolute Gasteiger partial charge is 0.354 e. The Balaban J connectivity index is 1.29. The van der Waals surface area contributed by atoms with Gasteiger partial charge in [0.15, 0.2) is 0 Å². The third-order valence-corrected chi connectivity index (χ3v) is 7.31. The van der Waals surface area contributed by atoms with Gasteiger partial charge >= 0.3 is 11.7 Å². The van der Waals surface area contributed by atoms with Gasteiger partial charge in [0.1, 0.15) is 5.82 Å². The summed E-state index contributed by atoms with van der Waals surface area (Å²) in [5.41, 5.74) is 12.3. The van der Waals surface area contributed by atoms with E-state index >= 15 is 0 Å². The summed E-state index contributed by atoms with van der Waals surface area (Å²) in [5, 5.41) is 2.69. The minimum Gasteiger partial charge on any atom is -0.338 e. The third kappa shape index (κ3) is 6.97. The molecule has 2 aliphatic rings. The van der Waals surface area contributed by atoms with E-state index in [9.17, 15) is 14.4 Å². The topological polar surface area (TPSA) is 143 Å². The van der Waals surface area contributed by atoms with Gasteiger partial charge in [-0.1, -0.05) is 12.1 Å². The molecule has 3 amide bonds. The van der Waals surface area contributed by atoms with Gasteiger partial charge in [-0.3, -0.25) is 14.7 Å². The van der Waals surface area contributed by atoms with Crippen molar-refractivity contribution in [3.05, 3.63) is 52.6 Å². The highest BCUT2D eigenvalue weighted by Crippen LogP contribution is 2.17. The summed E-state index contributed by atoms with van der Waals surface area (Å²) in [4.78, 5) is 47.5. The predicted octanol–water partition coefficient (Wildman–Crippen LogP) is 0.859. The van der Waals surface area contributed by atoms with Gasteiger partial charge in [-0.2, -0.15) is 4.98 Å². The Morgan fingerprint density at radius 1 is 1.05 bits per heavy atom. The molecule has 2 saturated heterocycles. The van der Waals surface area contributed by atoms with Crippen molar-refractivity contribution in [2.24, 2.45) is 17.4 Å². The molecule has 1 atom stereocenters. The van der Waals surface area contributed by atoms with E-state index in [4.69, 9.17) is 11.5 Å². The molecule has 1 aromatic heterocycles. The first kappa shape index (κ1) is 27.7. The Kier molecular flexibility index (Phi) is 8.80. The second kappa shape index (κ2) is 12.1. The fourth-order valence-corrected chi connectivity index (χ4v) is 5.04. The number of urea groups is 1. The van der Waals surface area contributed by atoms with Crippen LogP contribution < -0.4 is 22.5 Å². The lowest BCUT2D eigenvalue weighted by Gasteiger charge is -2.37. The summed E-state index contributed by atoms with van der Waals surface area (Å²) in [6.07, 6.45) is 4.99. The average Bonchev–Trinajstić information content (AvgIpc) is 2.91. The maximum Gasteiger partial charge on any atom is 0.354 e. The molecule has 206 valence electrons. The quantitative estimate of drug-likeness (QED) is 0.487. The molecule has 38 heavy (non-hydrogen) atoms. The average molecular weight is 525 g/mol. The van der Waals surface area contributed by atoms with Gasteiger partial charge in [0.05, 0.1) is 11.2 Å². The molecule has 11 heteroatoms. The van der Waals surface area contributed by atoms with Crippen molar-refractivity contribution >= 4 is 17.8 Å². The van der Waals surface area contributed by atoms with E-state index < -0.39 is 11.2 Å². The molecule has 0 bridgehead atoms. The molecule has 1 unspecified atom stereocenters. The number of rotatable bonds is 7. The fraction of sp³-hybridized carbons (Fsp3) is 0.556. The highest BCUT2D eigenvalue weighted by molar-refractivity contribution is 5.89. The lowest BCUT2D eigenvalue weighted by Crippen LogP contribution is -2.58. The maximum atomic E-state index is 12.7. The first-order valence-electron chi connectivity index (χ1n) is 13.4. The number of hydrogen-bond donors (Lipinski definition) is 3. The zero-order valence-corrected chi connectivity index (χ0v) is 22.4. The molecule has 2 aliphatic heterocycles. The van der Waals surface area contributed by atoms with Crippen LogP contribution in [0.15, 0.2) is 41.3 Å². The minimum absolute atomic E-state index is 0.140. The van der Waals surface area contributed by atoms with Crippen LogP contribution in [0.4, 0.5) is 10.6 Å². The summed E-state index contributed by atoms with van der Waals surface area (Å²) in [5.74, 6) is 0.647. The molecular weight excluding hydrogens is 484 g/mol. The summed E-state index contributed by atoms with van der Waals surface area (Å²) in [6, 6.07) is 9.16. The van der Waals surface area contributed by atoms with Crippen LogP contribution in [0.3, 0.4) is 0 Å². The van der Waals surface area contributed by atoms with E-state index in [0.717, 1.165) is 32.6 Å². The van der Waals surface area contributed by atoms with Crippen molar-refractivity contribution in [1.82, 2.24) is 24.3 Å². The van der Waals surface area contributed by atoms with Crippen LogP contribution in [0, 0.1) is 5.92 Å². The standard InChI is InChI=1S/C27H40N8O3/c1-27(2,29)24(36)33-14-16-34(17-15-33)25(37)30-23-10-13-35(26(38)31-23)22-7-5-20(6-8-22)9-12-32-11-3-4-21(18-28)19-32/h5-8,10,13,21H,3-4,9,11-12,14-19,28-29H2,1-2H3,(H,30,31,37,38). The lowest BCUT2D eigenvalue weighted by atomic mass is 9.98. The first-order chi connectivity index (χ1) is 18.1. The summed E-state index contributed by atoms with van der Waals surface area (Å²) in [6.45, 7) is 8.86. The molecule has 2 fully saturated rings. The van der Waals surface area contributed by atoms with Gasteiger partial charge in [-0.15, -0.1) is 0 Å². The number of carbonyl (C=O) groups is 2. The number of nitrogens with zero attached hydrogens (tertiary/aromatic N) is 5. The number of benzene rings is 1. The van der Waals surface area contributed by atoms with E-state index in [1.165, 1.54) is 23.0 Å². The number of piperidine rings is 1. The van der Waals surface area contributed by atoms with Crippen LogP contribution in [0.5, 0.6) is 0 Å². The van der Waals surface area contributed by atoms with Crippen molar-refractivity contribution in [3.63, 3.8) is 0 Å². The predicted molar refractivity (Wildman–Crippen MR) is 147 cm³/mol. The number of amides is 3. The molecular formula is C27H40N8O3. The SMILES string of the molecule is CC(C)(N)C(=O)N1CCN(C(=O)Nc2ccn(-c3ccc(CCN4CCCC(CN)C4)cc3)c(=O)n2)CC1. The fourth-order valence-electron chi connectivity index (χ4n) is 5.04. The van der Waals surface area contributed by atoms with Crippen LogP contribution in [0.1, 0.15) is 32.3 Å². The van der Waals surface area contributed by atoms with Gasteiger partial charge in [0, 0.05) is 45.5 Å². The van der Waals surface area contributed by atoms with Gasteiger partial charge in [-0.05, 0) is 75.9 Å². The van der Waals surface area contributed by atoms with Crippen LogP contribution in [0.25, 0.3) is 5.69 Å². The van der Waals surface area contributed by atoms with Crippen LogP contribution in [-0.2, 0) is 11.2 Å². The molecule has 1 aromatic carbocycles. The van der Waals surface area contributed by atoms with E-state index in [2.05, 4.69) is 15.2 Å². The zero-order chi connectivity index (χ0) is 27.3. The Hall–Kier alpha value is -3.28. The van der Waals surface area contributed by atoms with Gasteiger partial charge in [0.2, 0.25) is 5.91 Å². The molecule has 2 aromatic rings. The van der Waals surface area contributed by atoms with Gasteiger partial charge in [0.25, 0.3) is 0 Å². The van der Waals surface area contributed by atoms with Crippen molar-refractivity contribution in [2.45, 2.75) is 38.6 Å². The third-order valence-electron chi connectivity index (χ3n) is 7.31. The molecule has 0 spiro atoms. The summed E-state index contributed by atoms with van der Waals surface area (Å²) in [7, 11) is 0. The molecule has 0 aliphatic carbocycles. The molecule has 4 rings (SSSR count). The van der Waals surface area contributed by atoms with E-state index in [-0.39, 0.29) is 17.8 Å². The molecule has 0 saturated carbocycles. The number of piperazine rings is 1.